The number of imidazole rings is 1. The third-order valence-corrected chi connectivity index (χ3v) is 6.57. The molecule has 3 aromatic heterocycles. The topological polar surface area (TPSA) is 109 Å². The number of likely N-dealkylation sites (N-methyl/N-ethyl adjacent to an activating group) is 1. The number of rotatable bonds is 7. The highest BCUT2D eigenvalue weighted by Gasteiger charge is 2.27. The number of carbonyl (C=O) groups is 1. The predicted molar refractivity (Wildman–Crippen MR) is 131 cm³/mol. The first kappa shape index (κ1) is 22.3. The molecule has 0 saturated carbocycles. The van der Waals surface area contributed by atoms with Crippen LogP contribution in [0.3, 0.4) is 0 Å². The minimum Gasteiger partial charge on any atom is -0.348 e. The summed E-state index contributed by atoms with van der Waals surface area (Å²) in [7, 11) is 2.14. The molecule has 2 unspecified atom stereocenters. The SMILES string of the molecule is C=CC(=O)NC1CCN(c2nc(Nc3cnn(C4CCN(C)C4)c3)c3ncn(C(C)C)c3n2)C1. The monoisotopic (exact) mass is 464 g/mol. The highest BCUT2D eigenvalue weighted by atomic mass is 16.1. The molecular formula is C23H32N10O. The Labute approximate surface area is 198 Å². The number of anilines is 3. The number of hydrogen-bond donors (Lipinski definition) is 2. The van der Waals surface area contributed by atoms with Crippen molar-refractivity contribution in [2.24, 2.45) is 0 Å². The van der Waals surface area contributed by atoms with Crippen LogP contribution in [0.5, 0.6) is 0 Å². The van der Waals surface area contributed by atoms with Gasteiger partial charge < -0.3 is 25.0 Å². The number of carbonyl (C=O) groups excluding carboxylic acids is 1. The zero-order valence-electron chi connectivity index (χ0n) is 20.0. The summed E-state index contributed by atoms with van der Waals surface area (Å²) >= 11 is 0. The van der Waals surface area contributed by atoms with Crippen LogP contribution in [0.25, 0.3) is 11.2 Å². The molecule has 2 aliphatic heterocycles. The number of aromatic nitrogens is 6. The summed E-state index contributed by atoms with van der Waals surface area (Å²) in [5.74, 6) is 1.12. The standard InChI is InChI=1S/C23H32N10O/c1-5-19(34)26-16-6-9-31(11-16)23-28-21(20-22(29-23)32(14-24-20)15(2)3)27-17-10-25-33(12-17)18-7-8-30(4)13-18/h5,10,12,14-16,18H,1,6-9,11,13H2,2-4H3,(H,26,34)(H,27,28,29). The molecule has 1 amide bonds. The first-order chi connectivity index (χ1) is 16.4. The van der Waals surface area contributed by atoms with E-state index in [0.29, 0.717) is 24.4 Å². The fourth-order valence-corrected chi connectivity index (χ4v) is 4.70. The predicted octanol–water partition coefficient (Wildman–Crippen LogP) is 2.10. The Hall–Kier alpha value is -3.47. The van der Waals surface area contributed by atoms with Crippen molar-refractivity contribution in [3.63, 3.8) is 0 Å². The van der Waals surface area contributed by atoms with Crippen molar-refractivity contribution in [2.45, 2.75) is 44.8 Å². The van der Waals surface area contributed by atoms with Crippen LogP contribution in [0.2, 0.25) is 0 Å². The van der Waals surface area contributed by atoms with Gasteiger partial charge in [0.1, 0.15) is 0 Å². The number of nitrogens with one attached hydrogen (secondary N) is 2. The number of fused-ring (bicyclic) bond motifs is 1. The lowest BCUT2D eigenvalue weighted by Crippen LogP contribution is -2.36. The average Bonchev–Trinajstić information content (AvgIpc) is 3.60. The van der Waals surface area contributed by atoms with Gasteiger partial charge in [0.2, 0.25) is 11.9 Å². The summed E-state index contributed by atoms with van der Waals surface area (Å²) in [6.07, 6.45) is 8.91. The molecule has 0 aliphatic carbocycles. The van der Waals surface area contributed by atoms with Gasteiger partial charge >= 0.3 is 0 Å². The number of likely N-dealkylation sites (tertiary alicyclic amines) is 1. The molecule has 2 atom stereocenters. The Morgan fingerprint density at radius 1 is 1.24 bits per heavy atom. The van der Waals surface area contributed by atoms with Crippen LogP contribution in [-0.2, 0) is 4.79 Å². The van der Waals surface area contributed by atoms with Crippen LogP contribution in [0, 0.1) is 0 Å². The smallest absolute Gasteiger partial charge is 0.243 e. The number of amides is 1. The van der Waals surface area contributed by atoms with Crippen LogP contribution in [-0.4, -0.2) is 79.4 Å². The van der Waals surface area contributed by atoms with Crippen molar-refractivity contribution in [1.29, 1.82) is 0 Å². The van der Waals surface area contributed by atoms with E-state index >= 15 is 0 Å². The maximum Gasteiger partial charge on any atom is 0.243 e. The Bertz CT molecular complexity index is 1200. The molecule has 2 N–H and O–H groups in total. The molecule has 2 saturated heterocycles. The van der Waals surface area contributed by atoms with Gasteiger partial charge in [-0.1, -0.05) is 6.58 Å². The van der Waals surface area contributed by atoms with Crippen molar-refractivity contribution >= 4 is 34.5 Å². The summed E-state index contributed by atoms with van der Waals surface area (Å²) in [5, 5.41) is 11.0. The third-order valence-electron chi connectivity index (χ3n) is 6.57. The van der Waals surface area contributed by atoms with Crippen molar-refractivity contribution in [2.75, 3.05) is 43.4 Å². The molecule has 0 spiro atoms. The van der Waals surface area contributed by atoms with E-state index < -0.39 is 0 Å². The van der Waals surface area contributed by atoms with Crippen LogP contribution < -0.4 is 15.5 Å². The first-order valence-electron chi connectivity index (χ1n) is 11.8. The molecule has 2 aliphatic rings. The van der Waals surface area contributed by atoms with E-state index in [-0.39, 0.29) is 18.0 Å². The maximum atomic E-state index is 11.7. The summed E-state index contributed by atoms with van der Waals surface area (Å²) < 4.78 is 4.09. The molecule has 180 valence electrons. The molecule has 5 rings (SSSR count). The Balaban J connectivity index is 1.44. The van der Waals surface area contributed by atoms with E-state index in [9.17, 15) is 4.79 Å². The van der Waals surface area contributed by atoms with Gasteiger partial charge in [-0.25, -0.2) is 4.98 Å². The van der Waals surface area contributed by atoms with Crippen molar-refractivity contribution in [3.05, 3.63) is 31.4 Å². The quantitative estimate of drug-likeness (QED) is 0.512. The van der Waals surface area contributed by atoms with Gasteiger partial charge in [-0.3, -0.25) is 9.48 Å². The Morgan fingerprint density at radius 3 is 2.82 bits per heavy atom. The van der Waals surface area contributed by atoms with E-state index in [4.69, 9.17) is 9.97 Å². The lowest BCUT2D eigenvalue weighted by Gasteiger charge is -2.18. The van der Waals surface area contributed by atoms with Gasteiger partial charge in [0.05, 0.1) is 24.3 Å². The lowest BCUT2D eigenvalue weighted by atomic mass is 10.2. The zero-order valence-corrected chi connectivity index (χ0v) is 20.0. The van der Waals surface area contributed by atoms with E-state index in [1.807, 2.05) is 23.4 Å². The normalized spacial score (nSPS) is 21.0. The van der Waals surface area contributed by atoms with Crippen LogP contribution in [0.4, 0.5) is 17.5 Å². The average molecular weight is 465 g/mol. The summed E-state index contributed by atoms with van der Waals surface area (Å²) in [5.41, 5.74) is 2.38. The largest absolute Gasteiger partial charge is 0.348 e. The second kappa shape index (κ2) is 9.05. The molecule has 5 heterocycles. The molecule has 2 fully saturated rings. The van der Waals surface area contributed by atoms with Crippen molar-refractivity contribution < 1.29 is 4.79 Å². The van der Waals surface area contributed by atoms with Crippen LogP contribution in [0.15, 0.2) is 31.4 Å². The van der Waals surface area contributed by atoms with Gasteiger partial charge in [0.15, 0.2) is 17.0 Å². The maximum absolute atomic E-state index is 11.7. The molecule has 34 heavy (non-hydrogen) atoms. The molecule has 0 radical (unpaired) electrons. The highest BCUT2D eigenvalue weighted by molar-refractivity contribution is 5.87. The summed E-state index contributed by atoms with van der Waals surface area (Å²) in [4.78, 5) is 30.5. The molecular weight excluding hydrogens is 432 g/mol. The van der Waals surface area contributed by atoms with E-state index in [1.54, 1.807) is 0 Å². The van der Waals surface area contributed by atoms with Gasteiger partial charge in [-0.15, -0.1) is 0 Å². The van der Waals surface area contributed by atoms with Crippen molar-refractivity contribution in [1.82, 2.24) is 39.5 Å². The van der Waals surface area contributed by atoms with Gasteiger partial charge in [-0.05, 0) is 46.4 Å². The Kier molecular flexibility index (Phi) is 5.94. The second-order valence-electron chi connectivity index (χ2n) is 9.47. The van der Waals surface area contributed by atoms with Gasteiger partial charge in [0, 0.05) is 37.9 Å². The fraction of sp³-hybridized carbons (Fsp3) is 0.522. The number of hydrogen-bond acceptors (Lipinski definition) is 8. The van der Waals surface area contributed by atoms with Crippen LogP contribution in [0.1, 0.15) is 38.8 Å². The third kappa shape index (κ3) is 4.35. The minimum atomic E-state index is -0.158. The zero-order chi connectivity index (χ0) is 23.8. The second-order valence-corrected chi connectivity index (χ2v) is 9.47. The Morgan fingerprint density at radius 2 is 2.09 bits per heavy atom. The molecule has 0 bridgehead atoms. The summed E-state index contributed by atoms with van der Waals surface area (Å²) in [6.45, 7) is 11.2. The minimum absolute atomic E-state index is 0.0407. The fourth-order valence-electron chi connectivity index (χ4n) is 4.70. The summed E-state index contributed by atoms with van der Waals surface area (Å²) in [6, 6.07) is 0.633. The van der Waals surface area contributed by atoms with Crippen LogP contribution >= 0.6 is 0 Å². The van der Waals surface area contributed by atoms with E-state index in [0.717, 1.165) is 49.3 Å². The lowest BCUT2D eigenvalue weighted by molar-refractivity contribution is -0.117. The van der Waals surface area contributed by atoms with Gasteiger partial charge in [0.25, 0.3) is 0 Å². The molecule has 0 aromatic carbocycles. The highest BCUT2D eigenvalue weighted by Crippen LogP contribution is 2.29. The van der Waals surface area contributed by atoms with Crippen molar-refractivity contribution in [3.8, 4) is 0 Å². The first-order valence-corrected chi connectivity index (χ1v) is 11.8. The van der Waals surface area contributed by atoms with Gasteiger partial charge in [-0.2, -0.15) is 15.1 Å². The molecule has 11 nitrogen and oxygen atoms in total. The number of nitrogens with zero attached hydrogens (tertiary/aromatic N) is 8. The molecule has 3 aromatic rings. The van der Waals surface area contributed by atoms with E-state index in [2.05, 4.69) is 62.6 Å². The molecule has 11 heteroatoms. The van der Waals surface area contributed by atoms with E-state index in [1.165, 1.54) is 6.08 Å².